The summed E-state index contributed by atoms with van der Waals surface area (Å²) >= 11 is 0. The summed E-state index contributed by atoms with van der Waals surface area (Å²) in [5.74, 6) is 0.111. The number of hydrogen-bond acceptors (Lipinski definition) is 5. The van der Waals surface area contributed by atoms with Crippen molar-refractivity contribution >= 4 is 17.7 Å². The maximum atomic E-state index is 12.1. The monoisotopic (exact) mass is 388 g/mol. The molecule has 150 valence electrons. The van der Waals surface area contributed by atoms with E-state index in [-0.39, 0.29) is 12.1 Å². The Kier molecular flexibility index (Phi) is 8.11. The van der Waals surface area contributed by atoms with Crippen molar-refractivity contribution in [3.63, 3.8) is 0 Å². The number of methoxy groups -OCH3 is 2. The van der Waals surface area contributed by atoms with E-state index in [1.165, 1.54) is 19.2 Å². The lowest BCUT2D eigenvalue weighted by molar-refractivity contribution is 0.0697. The maximum absolute atomic E-state index is 12.1. The van der Waals surface area contributed by atoms with Crippen LogP contribution in [-0.4, -0.2) is 44.5 Å². The summed E-state index contributed by atoms with van der Waals surface area (Å²) in [7, 11) is 3.17. The number of ether oxygens (including phenoxy) is 3. The van der Waals surface area contributed by atoms with Gasteiger partial charge in [-0.2, -0.15) is 0 Å². The van der Waals surface area contributed by atoms with Crippen LogP contribution >= 0.6 is 0 Å². The lowest BCUT2D eigenvalue weighted by Crippen LogP contribution is -2.28. The standard InChI is InChI=1S/C20H24N2O6/c1-26-10-3-11-28-17-9-8-16(12-18(17)27-2)22-20(25)21-13-14-4-6-15(7-5-14)19(23)24/h4-9,12H,3,10-11,13H2,1-2H3,(H,23,24)(H2,21,22,25). The fourth-order valence-corrected chi connectivity index (χ4v) is 2.37. The fraction of sp³-hybridized carbons (Fsp3) is 0.300. The molecule has 8 heteroatoms. The van der Waals surface area contributed by atoms with Crippen molar-refractivity contribution < 1.29 is 28.9 Å². The molecule has 0 fully saturated rings. The predicted molar refractivity (Wildman–Crippen MR) is 104 cm³/mol. The van der Waals surface area contributed by atoms with E-state index in [1.54, 1.807) is 37.4 Å². The topological polar surface area (TPSA) is 106 Å². The van der Waals surface area contributed by atoms with Gasteiger partial charge in [0.25, 0.3) is 0 Å². The Labute approximate surface area is 163 Å². The Bertz CT molecular complexity index is 792. The van der Waals surface area contributed by atoms with Gasteiger partial charge in [-0.25, -0.2) is 9.59 Å². The number of nitrogens with one attached hydrogen (secondary N) is 2. The van der Waals surface area contributed by atoms with Crippen molar-refractivity contribution in [2.75, 3.05) is 32.8 Å². The van der Waals surface area contributed by atoms with E-state index in [0.717, 1.165) is 12.0 Å². The lowest BCUT2D eigenvalue weighted by atomic mass is 10.1. The van der Waals surface area contributed by atoms with E-state index in [4.69, 9.17) is 19.3 Å². The Morgan fingerprint density at radius 2 is 1.75 bits per heavy atom. The van der Waals surface area contributed by atoms with Gasteiger partial charge in [-0.15, -0.1) is 0 Å². The molecule has 0 atom stereocenters. The van der Waals surface area contributed by atoms with Gasteiger partial charge in [0, 0.05) is 38.4 Å². The van der Waals surface area contributed by atoms with Gasteiger partial charge in [-0.1, -0.05) is 12.1 Å². The number of aromatic carboxylic acids is 1. The molecule has 0 radical (unpaired) electrons. The Hall–Kier alpha value is -3.26. The molecule has 0 bridgehead atoms. The maximum Gasteiger partial charge on any atom is 0.335 e. The second-order valence-electron chi connectivity index (χ2n) is 5.87. The number of carbonyl (C=O) groups is 2. The van der Waals surface area contributed by atoms with Crippen LogP contribution in [0.2, 0.25) is 0 Å². The summed E-state index contributed by atoms with van der Waals surface area (Å²) in [6.45, 7) is 1.38. The van der Waals surface area contributed by atoms with Crippen LogP contribution in [0.5, 0.6) is 11.5 Å². The molecule has 0 spiro atoms. The van der Waals surface area contributed by atoms with Gasteiger partial charge in [0.15, 0.2) is 11.5 Å². The number of amides is 2. The number of carboxylic acids is 1. The second kappa shape index (κ2) is 10.8. The third kappa shape index (κ3) is 6.48. The molecule has 0 aliphatic heterocycles. The fourth-order valence-electron chi connectivity index (χ4n) is 2.37. The highest BCUT2D eigenvalue weighted by molar-refractivity contribution is 5.89. The molecule has 0 unspecified atom stereocenters. The summed E-state index contributed by atoms with van der Waals surface area (Å²) in [6, 6.07) is 11.0. The van der Waals surface area contributed by atoms with Crippen LogP contribution in [0.25, 0.3) is 0 Å². The highest BCUT2D eigenvalue weighted by Gasteiger charge is 2.09. The molecule has 2 rings (SSSR count). The van der Waals surface area contributed by atoms with Crippen LogP contribution in [0.3, 0.4) is 0 Å². The Morgan fingerprint density at radius 3 is 2.39 bits per heavy atom. The van der Waals surface area contributed by atoms with E-state index in [2.05, 4.69) is 10.6 Å². The van der Waals surface area contributed by atoms with Gasteiger partial charge in [-0.05, 0) is 29.8 Å². The molecule has 0 saturated carbocycles. The number of hydrogen-bond donors (Lipinski definition) is 3. The molecule has 2 aromatic rings. The van der Waals surface area contributed by atoms with Crippen LogP contribution in [0.15, 0.2) is 42.5 Å². The van der Waals surface area contributed by atoms with E-state index >= 15 is 0 Å². The molecule has 0 aromatic heterocycles. The van der Waals surface area contributed by atoms with Crippen molar-refractivity contribution in [2.45, 2.75) is 13.0 Å². The van der Waals surface area contributed by atoms with Crippen LogP contribution in [-0.2, 0) is 11.3 Å². The molecule has 0 aliphatic rings. The van der Waals surface area contributed by atoms with Crippen LogP contribution < -0.4 is 20.1 Å². The second-order valence-corrected chi connectivity index (χ2v) is 5.87. The third-order valence-electron chi connectivity index (χ3n) is 3.83. The first-order chi connectivity index (χ1) is 13.5. The summed E-state index contributed by atoms with van der Waals surface area (Å²) < 4.78 is 15.9. The number of urea groups is 1. The highest BCUT2D eigenvalue weighted by Crippen LogP contribution is 2.30. The summed E-state index contributed by atoms with van der Waals surface area (Å²) in [5.41, 5.74) is 1.54. The summed E-state index contributed by atoms with van der Waals surface area (Å²) in [6.07, 6.45) is 0.759. The molecule has 0 heterocycles. The minimum atomic E-state index is -0.989. The van der Waals surface area contributed by atoms with E-state index < -0.39 is 12.0 Å². The molecule has 0 saturated heterocycles. The molecule has 28 heavy (non-hydrogen) atoms. The van der Waals surface area contributed by atoms with Gasteiger partial charge >= 0.3 is 12.0 Å². The van der Waals surface area contributed by atoms with Crippen molar-refractivity contribution in [1.29, 1.82) is 0 Å². The Balaban J connectivity index is 1.87. The number of rotatable bonds is 10. The van der Waals surface area contributed by atoms with Crippen molar-refractivity contribution in [2.24, 2.45) is 0 Å². The highest BCUT2D eigenvalue weighted by atomic mass is 16.5. The number of anilines is 1. The number of carboxylic acid groups (broad SMARTS) is 1. The molecular formula is C20H24N2O6. The third-order valence-corrected chi connectivity index (χ3v) is 3.83. The first-order valence-corrected chi connectivity index (χ1v) is 8.70. The zero-order valence-electron chi connectivity index (χ0n) is 15.9. The summed E-state index contributed by atoms with van der Waals surface area (Å²) in [5, 5.41) is 14.3. The smallest absolute Gasteiger partial charge is 0.335 e. The van der Waals surface area contributed by atoms with Crippen molar-refractivity contribution in [3.8, 4) is 11.5 Å². The molecule has 3 N–H and O–H groups in total. The minimum Gasteiger partial charge on any atom is -0.493 e. The number of carbonyl (C=O) groups excluding carboxylic acids is 1. The largest absolute Gasteiger partial charge is 0.493 e. The molecule has 2 aromatic carbocycles. The van der Waals surface area contributed by atoms with Gasteiger partial charge in [0.05, 0.1) is 19.3 Å². The molecule has 8 nitrogen and oxygen atoms in total. The van der Waals surface area contributed by atoms with Gasteiger partial charge < -0.3 is 30.0 Å². The van der Waals surface area contributed by atoms with Gasteiger partial charge in [-0.3, -0.25) is 0 Å². The van der Waals surface area contributed by atoms with E-state index in [1.807, 2.05) is 0 Å². The summed E-state index contributed by atoms with van der Waals surface area (Å²) in [4.78, 5) is 22.9. The van der Waals surface area contributed by atoms with Crippen molar-refractivity contribution in [3.05, 3.63) is 53.6 Å². The molecule has 0 aliphatic carbocycles. The lowest BCUT2D eigenvalue weighted by Gasteiger charge is -2.13. The van der Waals surface area contributed by atoms with Crippen LogP contribution in [0, 0.1) is 0 Å². The van der Waals surface area contributed by atoms with Crippen LogP contribution in [0.4, 0.5) is 10.5 Å². The SMILES string of the molecule is COCCCOc1ccc(NC(=O)NCc2ccc(C(=O)O)cc2)cc1OC. The molecule has 2 amide bonds. The first kappa shape index (κ1) is 21.0. The predicted octanol–water partition coefficient (Wildman–Crippen LogP) is 3.13. The van der Waals surface area contributed by atoms with Crippen molar-refractivity contribution in [1.82, 2.24) is 5.32 Å². The average Bonchev–Trinajstić information content (AvgIpc) is 2.70. The average molecular weight is 388 g/mol. The Morgan fingerprint density at radius 1 is 1.00 bits per heavy atom. The zero-order valence-corrected chi connectivity index (χ0v) is 15.9. The van der Waals surface area contributed by atoms with Gasteiger partial charge in [0.2, 0.25) is 0 Å². The van der Waals surface area contributed by atoms with E-state index in [9.17, 15) is 9.59 Å². The zero-order chi connectivity index (χ0) is 20.4. The van der Waals surface area contributed by atoms with Gasteiger partial charge in [0.1, 0.15) is 0 Å². The van der Waals surface area contributed by atoms with Crippen LogP contribution in [0.1, 0.15) is 22.3 Å². The minimum absolute atomic E-state index is 0.199. The molecular weight excluding hydrogens is 364 g/mol. The first-order valence-electron chi connectivity index (χ1n) is 8.70. The quantitative estimate of drug-likeness (QED) is 0.540. The van der Waals surface area contributed by atoms with E-state index in [0.29, 0.717) is 30.4 Å². The normalized spacial score (nSPS) is 10.2. The number of benzene rings is 2.